The summed E-state index contributed by atoms with van der Waals surface area (Å²) in [5.74, 6) is -0.275. The number of hydrogen-bond acceptors (Lipinski definition) is 4. The fourth-order valence-electron chi connectivity index (χ4n) is 2.20. The molecule has 1 aromatic rings. The van der Waals surface area contributed by atoms with Crippen LogP contribution in [0.25, 0.3) is 0 Å². The zero-order chi connectivity index (χ0) is 14.2. The van der Waals surface area contributed by atoms with E-state index < -0.39 is 5.54 Å². The number of aryl methyl sites for hydroxylation is 1. The van der Waals surface area contributed by atoms with Gasteiger partial charge in [-0.25, -0.2) is 4.79 Å². The van der Waals surface area contributed by atoms with E-state index in [2.05, 4.69) is 10.4 Å². The molecule has 0 spiro atoms. The normalized spacial score (nSPS) is 18.2. The smallest absolute Gasteiger partial charge is 0.327 e. The summed E-state index contributed by atoms with van der Waals surface area (Å²) >= 11 is 6.14. The number of methoxy groups -OCH3 is 1. The molecule has 1 aromatic heterocycles. The Morgan fingerprint density at radius 2 is 2.21 bits per heavy atom. The van der Waals surface area contributed by atoms with Crippen LogP contribution in [0.1, 0.15) is 31.2 Å². The predicted octanol–water partition coefficient (Wildman–Crippen LogP) is 1.84. The lowest BCUT2D eigenvalue weighted by Crippen LogP contribution is -2.54. The zero-order valence-electron chi connectivity index (χ0n) is 11.8. The number of rotatable bonds is 5. The topological polar surface area (TPSA) is 56.2 Å². The molecule has 0 aliphatic heterocycles. The van der Waals surface area contributed by atoms with Crippen LogP contribution in [-0.2, 0) is 16.1 Å². The van der Waals surface area contributed by atoms with Gasteiger partial charge in [0.1, 0.15) is 5.54 Å². The average Bonchev–Trinajstić information content (AvgIpc) is 3.14. The van der Waals surface area contributed by atoms with Gasteiger partial charge in [-0.2, -0.15) is 5.10 Å². The molecule has 0 amide bonds. The molecule has 1 aliphatic carbocycles. The number of halogens is 1. The highest BCUT2D eigenvalue weighted by atomic mass is 35.5. The van der Waals surface area contributed by atoms with Crippen LogP contribution < -0.4 is 5.32 Å². The van der Waals surface area contributed by atoms with Gasteiger partial charge < -0.3 is 4.74 Å². The van der Waals surface area contributed by atoms with Gasteiger partial charge in [-0.15, -0.1) is 0 Å². The fraction of sp³-hybridized carbons (Fsp3) is 0.692. The van der Waals surface area contributed by atoms with E-state index in [1.165, 1.54) is 7.11 Å². The average molecular weight is 286 g/mol. The molecule has 1 N–H and O–H groups in total. The van der Waals surface area contributed by atoms with Crippen molar-refractivity contribution >= 4 is 17.6 Å². The van der Waals surface area contributed by atoms with Gasteiger partial charge in [0, 0.05) is 6.04 Å². The lowest BCUT2D eigenvalue weighted by atomic mass is 10.0. The van der Waals surface area contributed by atoms with Crippen LogP contribution in [0.5, 0.6) is 0 Å². The molecule has 1 aliphatic rings. The molecule has 0 aromatic carbocycles. The van der Waals surface area contributed by atoms with Crippen molar-refractivity contribution in [2.45, 2.75) is 51.7 Å². The van der Waals surface area contributed by atoms with Crippen molar-refractivity contribution in [1.82, 2.24) is 15.1 Å². The molecule has 2 rings (SSSR count). The summed E-state index contributed by atoms with van der Waals surface area (Å²) in [5, 5.41) is 8.37. The quantitative estimate of drug-likeness (QED) is 0.839. The first-order valence-corrected chi connectivity index (χ1v) is 6.81. The van der Waals surface area contributed by atoms with Crippen LogP contribution in [0, 0.1) is 13.8 Å². The lowest BCUT2D eigenvalue weighted by molar-refractivity contribution is -0.148. The zero-order valence-corrected chi connectivity index (χ0v) is 12.5. The summed E-state index contributed by atoms with van der Waals surface area (Å²) in [6.45, 7) is 6.02. The molecule has 0 bridgehead atoms. The molecule has 1 atom stereocenters. The number of carbonyl (C=O) groups is 1. The van der Waals surface area contributed by atoms with Crippen LogP contribution in [0.4, 0.5) is 0 Å². The number of carbonyl (C=O) groups excluding carboxylic acids is 1. The maximum atomic E-state index is 12.0. The van der Waals surface area contributed by atoms with Gasteiger partial charge in [0.05, 0.1) is 30.1 Å². The van der Waals surface area contributed by atoms with Crippen LogP contribution in [0.3, 0.4) is 0 Å². The molecule has 1 heterocycles. The van der Waals surface area contributed by atoms with Crippen molar-refractivity contribution in [3.8, 4) is 0 Å². The molecule has 6 heteroatoms. The summed E-state index contributed by atoms with van der Waals surface area (Å²) < 4.78 is 6.69. The van der Waals surface area contributed by atoms with E-state index in [9.17, 15) is 4.79 Å². The number of nitrogens with one attached hydrogen (secondary N) is 1. The minimum absolute atomic E-state index is 0.275. The SMILES string of the molecule is COC(=O)C(C)(Cn1nc(C)c(Cl)c1C)NC1CC1. The third-order valence-electron chi connectivity index (χ3n) is 3.50. The Balaban J connectivity index is 2.23. The third-order valence-corrected chi connectivity index (χ3v) is 4.04. The van der Waals surface area contributed by atoms with Crippen LogP contribution >= 0.6 is 11.6 Å². The largest absolute Gasteiger partial charge is 0.468 e. The summed E-state index contributed by atoms with van der Waals surface area (Å²) in [6.07, 6.45) is 2.20. The van der Waals surface area contributed by atoms with E-state index in [0.29, 0.717) is 17.6 Å². The Hall–Kier alpha value is -1.07. The molecule has 19 heavy (non-hydrogen) atoms. The highest BCUT2D eigenvalue weighted by Crippen LogP contribution is 2.26. The molecule has 0 radical (unpaired) electrons. The number of nitrogens with zero attached hydrogens (tertiary/aromatic N) is 2. The van der Waals surface area contributed by atoms with Crippen molar-refractivity contribution in [1.29, 1.82) is 0 Å². The van der Waals surface area contributed by atoms with E-state index in [1.807, 2.05) is 20.8 Å². The molecule has 1 saturated carbocycles. The van der Waals surface area contributed by atoms with Gasteiger partial charge in [-0.3, -0.25) is 10.00 Å². The van der Waals surface area contributed by atoms with Crippen molar-refractivity contribution in [2.24, 2.45) is 0 Å². The minimum atomic E-state index is -0.775. The van der Waals surface area contributed by atoms with Crippen LogP contribution in [-0.4, -0.2) is 34.4 Å². The van der Waals surface area contributed by atoms with Gasteiger partial charge in [-0.1, -0.05) is 11.6 Å². The van der Waals surface area contributed by atoms with Crippen molar-refractivity contribution in [2.75, 3.05) is 7.11 Å². The highest BCUT2D eigenvalue weighted by molar-refractivity contribution is 6.31. The second-order valence-corrected chi connectivity index (χ2v) is 5.76. The Bertz CT molecular complexity index is 496. The van der Waals surface area contributed by atoms with Crippen LogP contribution in [0.2, 0.25) is 5.02 Å². The van der Waals surface area contributed by atoms with Crippen LogP contribution in [0.15, 0.2) is 0 Å². The Morgan fingerprint density at radius 1 is 1.58 bits per heavy atom. The maximum Gasteiger partial charge on any atom is 0.327 e. The maximum absolute atomic E-state index is 12.0. The Labute approximate surface area is 118 Å². The van der Waals surface area contributed by atoms with Crippen molar-refractivity contribution in [3.63, 3.8) is 0 Å². The van der Waals surface area contributed by atoms with Gasteiger partial charge in [0.25, 0.3) is 0 Å². The Morgan fingerprint density at radius 3 is 2.63 bits per heavy atom. The number of hydrogen-bond donors (Lipinski definition) is 1. The Kier molecular flexibility index (Phi) is 3.87. The summed E-state index contributed by atoms with van der Waals surface area (Å²) in [7, 11) is 1.41. The second-order valence-electron chi connectivity index (χ2n) is 5.38. The molecule has 1 fully saturated rings. The summed E-state index contributed by atoms with van der Waals surface area (Å²) in [6, 6.07) is 0.400. The standard InChI is InChI=1S/C13H20ClN3O2/c1-8-11(14)9(2)17(16-8)7-13(3,12(18)19-4)15-10-5-6-10/h10,15H,5-7H2,1-4H3. The number of ether oxygens (including phenoxy) is 1. The van der Waals surface area contributed by atoms with E-state index >= 15 is 0 Å². The number of esters is 1. The molecular weight excluding hydrogens is 266 g/mol. The van der Waals surface area contributed by atoms with E-state index in [0.717, 1.165) is 24.2 Å². The van der Waals surface area contributed by atoms with Gasteiger partial charge in [-0.05, 0) is 33.6 Å². The predicted molar refractivity (Wildman–Crippen MR) is 73.3 cm³/mol. The molecule has 5 nitrogen and oxygen atoms in total. The first-order chi connectivity index (χ1) is 8.87. The van der Waals surface area contributed by atoms with Gasteiger partial charge in [0.15, 0.2) is 0 Å². The monoisotopic (exact) mass is 285 g/mol. The molecule has 106 valence electrons. The molecular formula is C13H20ClN3O2. The van der Waals surface area contributed by atoms with Crippen molar-refractivity contribution in [3.05, 3.63) is 16.4 Å². The van der Waals surface area contributed by atoms with E-state index in [4.69, 9.17) is 16.3 Å². The number of aromatic nitrogens is 2. The lowest BCUT2D eigenvalue weighted by Gasteiger charge is -2.28. The first-order valence-electron chi connectivity index (χ1n) is 6.43. The molecule has 0 saturated heterocycles. The van der Waals surface area contributed by atoms with E-state index in [1.54, 1.807) is 4.68 Å². The van der Waals surface area contributed by atoms with Gasteiger partial charge >= 0.3 is 5.97 Å². The minimum Gasteiger partial charge on any atom is -0.468 e. The third kappa shape index (κ3) is 2.92. The molecule has 1 unspecified atom stereocenters. The van der Waals surface area contributed by atoms with Gasteiger partial charge in [0.2, 0.25) is 0 Å². The first kappa shape index (κ1) is 14.3. The fourth-order valence-corrected chi connectivity index (χ4v) is 2.34. The second kappa shape index (κ2) is 5.13. The highest BCUT2D eigenvalue weighted by Gasteiger charge is 2.40. The van der Waals surface area contributed by atoms with E-state index in [-0.39, 0.29) is 5.97 Å². The summed E-state index contributed by atoms with van der Waals surface area (Å²) in [4.78, 5) is 12.0. The van der Waals surface area contributed by atoms with Crippen molar-refractivity contribution < 1.29 is 9.53 Å². The summed E-state index contributed by atoms with van der Waals surface area (Å²) in [5.41, 5.74) is 0.868.